The van der Waals surface area contributed by atoms with E-state index in [1.807, 2.05) is 6.07 Å². The largest absolute Gasteiger partial charge is 0.342 e. The van der Waals surface area contributed by atoms with Crippen LogP contribution in [0.4, 0.5) is 5.95 Å². The van der Waals surface area contributed by atoms with Gasteiger partial charge in [-0.15, -0.1) is 0 Å². The Morgan fingerprint density at radius 2 is 2.22 bits per heavy atom. The standard InChI is InChI=1S/C15H21N3/c1-11(2)9-12-7-8-18(10-12)15-16-13-5-3-4-6-14(13)17-15/h3-6,11-12H,7-10H2,1-2H3,(H,16,17). The number of hydrogen-bond acceptors (Lipinski definition) is 2. The summed E-state index contributed by atoms with van der Waals surface area (Å²) in [6.45, 7) is 6.91. The first-order chi connectivity index (χ1) is 8.72. The molecule has 3 rings (SSSR count). The number of nitrogens with one attached hydrogen (secondary N) is 1. The Kier molecular flexibility index (Phi) is 2.98. The summed E-state index contributed by atoms with van der Waals surface area (Å²) in [6.07, 6.45) is 2.63. The number of aromatic nitrogens is 2. The highest BCUT2D eigenvalue weighted by atomic mass is 15.3. The van der Waals surface area contributed by atoms with Crippen molar-refractivity contribution in [3.63, 3.8) is 0 Å². The second kappa shape index (κ2) is 4.63. The third kappa shape index (κ3) is 2.22. The Labute approximate surface area is 108 Å². The smallest absolute Gasteiger partial charge is 0.203 e. The molecule has 1 atom stereocenters. The lowest BCUT2D eigenvalue weighted by Crippen LogP contribution is -2.21. The highest BCUT2D eigenvalue weighted by molar-refractivity contribution is 5.77. The van der Waals surface area contributed by atoms with Crippen molar-refractivity contribution < 1.29 is 0 Å². The molecule has 1 N–H and O–H groups in total. The van der Waals surface area contributed by atoms with Gasteiger partial charge in [-0.2, -0.15) is 0 Å². The summed E-state index contributed by atoms with van der Waals surface area (Å²) in [5, 5.41) is 0. The minimum Gasteiger partial charge on any atom is -0.342 e. The van der Waals surface area contributed by atoms with Crippen LogP contribution in [0.1, 0.15) is 26.7 Å². The molecule has 1 saturated heterocycles. The molecular weight excluding hydrogens is 222 g/mol. The number of anilines is 1. The molecule has 3 nitrogen and oxygen atoms in total. The third-order valence-electron chi connectivity index (χ3n) is 3.77. The van der Waals surface area contributed by atoms with Crippen molar-refractivity contribution in [2.75, 3.05) is 18.0 Å². The van der Waals surface area contributed by atoms with Crippen LogP contribution in [-0.2, 0) is 0 Å². The van der Waals surface area contributed by atoms with E-state index >= 15 is 0 Å². The van der Waals surface area contributed by atoms with E-state index in [1.54, 1.807) is 0 Å². The maximum Gasteiger partial charge on any atom is 0.203 e. The van der Waals surface area contributed by atoms with Crippen molar-refractivity contribution in [3.05, 3.63) is 24.3 Å². The van der Waals surface area contributed by atoms with Crippen LogP contribution in [0.25, 0.3) is 11.0 Å². The van der Waals surface area contributed by atoms with Crippen molar-refractivity contribution in [1.29, 1.82) is 0 Å². The molecule has 1 aliphatic heterocycles. The number of fused-ring (bicyclic) bond motifs is 1. The average Bonchev–Trinajstić information content (AvgIpc) is 2.93. The average molecular weight is 243 g/mol. The van der Waals surface area contributed by atoms with Crippen LogP contribution in [-0.4, -0.2) is 23.1 Å². The van der Waals surface area contributed by atoms with Gasteiger partial charge in [-0.05, 0) is 36.8 Å². The van der Waals surface area contributed by atoms with Gasteiger partial charge in [0, 0.05) is 13.1 Å². The van der Waals surface area contributed by atoms with Crippen LogP contribution in [0.5, 0.6) is 0 Å². The zero-order valence-electron chi connectivity index (χ0n) is 11.2. The highest BCUT2D eigenvalue weighted by Crippen LogP contribution is 2.27. The van der Waals surface area contributed by atoms with Gasteiger partial charge >= 0.3 is 0 Å². The summed E-state index contributed by atoms with van der Waals surface area (Å²) in [5.41, 5.74) is 2.21. The fourth-order valence-electron chi connectivity index (χ4n) is 2.97. The Bertz CT molecular complexity index is 496. The second-order valence-electron chi connectivity index (χ2n) is 5.81. The van der Waals surface area contributed by atoms with E-state index in [-0.39, 0.29) is 0 Å². The molecule has 2 aromatic rings. The van der Waals surface area contributed by atoms with Crippen molar-refractivity contribution in [3.8, 4) is 0 Å². The molecule has 3 heteroatoms. The Morgan fingerprint density at radius 3 is 3.00 bits per heavy atom. The lowest BCUT2D eigenvalue weighted by Gasteiger charge is -2.16. The number of aromatic amines is 1. The van der Waals surface area contributed by atoms with Gasteiger partial charge in [-0.1, -0.05) is 26.0 Å². The van der Waals surface area contributed by atoms with E-state index in [0.29, 0.717) is 0 Å². The first-order valence-corrected chi connectivity index (χ1v) is 6.92. The molecule has 0 saturated carbocycles. The molecule has 1 aromatic heterocycles. The number of hydrogen-bond donors (Lipinski definition) is 1. The fourth-order valence-corrected chi connectivity index (χ4v) is 2.97. The molecule has 1 aromatic carbocycles. The summed E-state index contributed by atoms with van der Waals surface area (Å²) in [7, 11) is 0. The second-order valence-corrected chi connectivity index (χ2v) is 5.81. The van der Waals surface area contributed by atoms with Gasteiger partial charge in [0.2, 0.25) is 5.95 Å². The van der Waals surface area contributed by atoms with Crippen LogP contribution in [0.15, 0.2) is 24.3 Å². The lowest BCUT2D eigenvalue weighted by molar-refractivity contribution is 0.441. The van der Waals surface area contributed by atoms with Gasteiger partial charge in [-0.25, -0.2) is 4.98 Å². The quantitative estimate of drug-likeness (QED) is 0.895. The predicted molar refractivity (Wildman–Crippen MR) is 75.9 cm³/mol. The van der Waals surface area contributed by atoms with Crippen LogP contribution in [0.3, 0.4) is 0 Å². The summed E-state index contributed by atoms with van der Waals surface area (Å²) in [5.74, 6) is 2.67. The highest BCUT2D eigenvalue weighted by Gasteiger charge is 2.24. The van der Waals surface area contributed by atoms with E-state index in [4.69, 9.17) is 0 Å². The van der Waals surface area contributed by atoms with Gasteiger partial charge in [-0.3, -0.25) is 0 Å². The zero-order valence-corrected chi connectivity index (χ0v) is 11.2. The molecule has 1 aliphatic rings. The van der Waals surface area contributed by atoms with E-state index in [0.717, 1.165) is 41.9 Å². The van der Waals surface area contributed by atoms with Crippen molar-refractivity contribution in [2.24, 2.45) is 11.8 Å². The molecule has 0 radical (unpaired) electrons. The van der Waals surface area contributed by atoms with Crippen molar-refractivity contribution in [2.45, 2.75) is 26.7 Å². The van der Waals surface area contributed by atoms with Crippen LogP contribution >= 0.6 is 0 Å². The molecule has 0 spiro atoms. The van der Waals surface area contributed by atoms with Gasteiger partial charge in [0.1, 0.15) is 0 Å². The van der Waals surface area contributed by atoms with E-state index in [9.17, 15) is 0 Å². The van der Waals surface area contributed by atoms with E-state index in [1.165, 1.54) is 12.8 Å². The minimum atomic E-state index is 0.797. The van der Waals surface area contributed by atoms with E-state index < -0.39 is 0 Å². The summed E-state index contributed by atoms with van der Waals surface area (Å²) < 4.78 is 0. The van der Waals surface area contributed by atoms with Crippen LogP contribution in [0, 0.1) is 11.8 Å². The molecule has 1 unspecified atom stereocenters. The summed E-state index contributed by atoms with van der Waals surface area (Å²) in [6, 6.07) is 8.25. The molecular formula is C15H21N3. The van der Waals surface area contributed by atoms with Gasteiger partial charge in [0.25, 0.3) is 0 Å². The monoisotopic (exact) mass is 243 g/mol. The lowest BCUT2D eigenvalue weighted by atomic mass is 9.97. The first-order valence-electron chi connectivity index (χ1n) is 6.92. The van der Waals surface area contributed by atoms with Gasteiger partial charge in [0.05, 0.1) is 11.0 Å². The molecule has 18 heavy (non-hydrogen) atoms. The SMILES string of the molecule is CC(C)CC1CCN(c2nc3ccccc3[nH]2)C1. The predicted octanol–water partition coefficient (Wildman–Crippen LogP) is 3.44. The number of para-hydroxylation sites is 2. The number of rotatable bonds is 3. The fraction of sp³-hybridized carbons (Fsp3) is 0.533. The number of H-pyrrole nitrogens is 1. The van der Waals surface area contributed by atoms with E-state index in [2.05, 4.69) is 46.9 Å². The number of benzene rings is 1. The number of nitrogens with zero attached hydrogens (tertiary/aromatic N) is 2. The van der Waals surface area contributed by atoms with Gasteiger partial charge in [0.15, 0.2) is 0 Å². The summed E-state index contributed by atoms with van der Waals surface area (Å²) in [4.78, 5) is 10.5. The van der Waals surface area contributed by atoms with Crippen molar-refractivity contribution >= 4 is 17.0 Å². The molecule has 1 fully saturated rings. The normalized spacial score (nSPS) is 20.2. The summed E-state index contributed by atoms with van der Waals surface area (Å²) >= 11 is 0. The number of imidazole rings is 1. The van der Waals surface area contributed by atoms with Crippen molar-refractivity contribution in [1.82, 2.24) is 9.97 Å². The third-order valence-corrected chi connectivity index (χ3v) is 3.77. The molecule has 2 heterocycles. The molecule has 0 amide bonds. The topological polar surface area (TPSA) is 31.9 Å². The molecule has 0 bridgehead atoms. The maximum absolute atomic E-state index is 4.68. The Balaban J connectivity index is 1.75. The molecule has 0 aliphatic carbocycles. The zero-order chi connectivity index (χ0) is 12.5. The Morgan fingerprint density at radius 1 is 1.39 bits per heavy atom. The Hall–Kier alpha value is -1.51. The minimum absolute atomic E-state index is 0.797. The van der Waals surface area contributed by atoms with Gasteiger partial charge < -0.3 is 9.88 Å². The molecule has 96 valence electrons. The van der Waals surface area contributed by atoms with Crippen LogP contribution in [0.2, 0.25) is 0 Å². The first kappa shape index (κ1) is 11.6. The van der Waals surface area contributed by atoms with Crippen LogP contribution < -0.4 is 4.90 Å². The maximum atomic E-state index is 4.68.